The van der Waals surface area contributed by atoms with E-state index in [0.29, 0.717) is 11.5 Å². The van der Waals surface area contributed by atoms with E-state index in [9.17, 15) is 5.26 Å². The third kappa shape index (κ3) is 2.08. The molecule has 9 nitrogen and oxygen atoms in total. The molecule has 0 aliphatic carbocycles. The Bertz CT molecular complexity index is 1290. The quantitative estimate of drug-likeness (QED) is 0.532. The van der Waals surface area contributed by atoms with Crippen molar-refractivity contribution in [3.8, 4) is 23.1 Å². The lowest BCUT2D eigenvalue weighted by molar-refractivity contribution is 0.657. The maximum absolute atomic E-state index is 9.55. The van der Waals surface area contributed by atoms with Crippen LogP contribution in [-0.4, -0.2) is 30.9 Å². The van der Waals surface area contributed by atoms with Crippen LogP contribution >= 0.6 is 0 Å². The minimum Gasteiger partial charge on any atom is -0.284 e. The molecule has 0 bridgehead atoms. The zero-order chi connectivity index (χ0) is 19.4. The van der Waals surface area contributed by atoms with E-state index in [4.69, 9.17) is 4.99 Å². The Labute approximate surface area is 165 Å². The molecule has 6 rings (SSSR count). The number of aliphatic imine (C=N–C) groups is 1. The first-order chi connectivity index (χ1) is 14.4. The molecule has 29 heavy (non-hydrogen) atoms. The van der Waals surface area contributed by atoms with Crippen LogP contribution < -0.4 is 10.0 Å². The molecule has 0 fully saturated rings. The van der Waals surface area contributed by atoms with Gasteiger partial charge in [0.05, 0.1) is 11.9 Å². The molecule has 0 saturated heterocycles. The van der Waals surface area contributed by atoms with Gasteiger partial charge in [-0.3, -0.25) is 4.57 Å². The summed E-state index contributed by atoms with van der Waals surface area (Å²) in [5, 5.41) is 21.7. The Morgan fingerprint density at radius 3 is 2.69 bits per heavy atom. The predicted molar refractivity (Wildman–Crippen MR) is 106 cm³/mol. The summed E-state index contributed by atoms with van der Waals surface area (Å²) in [5.74, 6) is 1.38. The second-order valence-corrected chi connectivity index (χ2v) is 6.65. The molecule has 0 amide bonds. The highest BCUT2D eigenvalue weighted by Gasteiger charge is 2.40. The van der Waals surface area contributed by atoms with Crippen LogP contribution in [0.2, 0.25) is 0 Å². The monoisotopic (exact) mass is 379 g/mol. The lowest BCUT2D eigenvalue weighted by Gasteiger charge is -2.36. The van der Waals surface area contributed by atoms with Gasteiger partial charge in [0, 0.05) is 11.1 Å². The van der Waals surface area contributed by atoms with Gasteiger partial charge in [0.2, 0.25) is 12.0 Å². The summed E-state index contributed by atoms with van der Waals surface area (Å²) >= 11 is 0. The normalized spacial score (nSPS) is 16.3. The third-order valence-electron chi connectivity index (χ3n) is 5.12. The molecule has 0 radical (unpaired) electrons. The minimum atomic E-state index is -0.244. The summed E-state index contributed by atoms with van der Waals surface area (Å²) in [4.78, 5) is 9.07. The number of imidazole rings is 1. The maximum Gasteiger partial charge on any atom is 0.208 e. The summed E-state index contributed by atoms with van der Waals surface area (Å²) in [6.45, 7) is 0. The van der Waals surface area contributed by atoms with Gasteiger partial charge in [-0.25, -0.2) is 20.0 Å². The van der Waals surface area contributed by atoms with Crippen molar-refractivity contribution in [2.75, 3.05) is 10.0 Å². The molecule has 9 heteroatoms. The van der Waals surface area contributed by atoms with E-state index in [1.807, 2.05) is 57.0 Å². The standard InChI is InChI=1S/C20H13N9/c21-11-27-18(14-6-2-1-3-7-14)20(24-25-27)28-13-23-19-15-8-4-5-9-16(15)26-12-22-10-17(26)29(19)28/h1-10,12-13,19H. The van der Waals surface area contributed by atoms with Gasteiger partial charge < -0.3 is 0 Å². The zero-order valence-electron chi connectivity index (χ0n) is 15.0. The number of fused-ring (bicyclic) bond motifs is 6. The van der Waals surface area contributed by atoms with E-state index in [1.165, 1.54) is 4.68 Å². The second kappa shape index (κ2) is 5.77. The fourth-order valence-corrected chi connectivity index (χ4v) is 3.88. The summed E-state index contributed by atoms with van der Waals surface area (Å²) in [6.07, 6.45) is 7.13. The molecule has 1 unspecified atom stereocenters. The SMILES string of the molecule is N#Cn1nnc(N2C=NC3c4ccccc4-n4cncc4N32)c1-c1ccccc1. The molecule has 4 heterocycles. The Balaban J connectivity index is 1.54. The average molecular weight is 379 g/mol. The van der Waals surface area contributed by atoms with Crippen LogP contribution in [0.5, 0.6) is 0 Å². The van der Waals surface area contributed by atoms with Crippen molar-refractivity contribution in [1.82, 2.24) is 24.5 Å². The first kappa shape index (κ1) is 15.6. The lowest BCUT2D eigenvalue weighted by Crippen LogP contribution is -2.43. The van der Waals surface area contributed by atoms with Crippen LogP contribution in [0.1, 0.15) is 11.7 Å². The summed E-state index contributed by atoms with van der Waals surface area (Å²) in [7, 11) is 0. The van der Waals surface area contributed by atoms with Crippen molar-refractivity contribution < 1.29 is 0 Å². The molecule has 1 atom stereocenters. The van der Waals surface area contributed by atoms with Crippen LogP contribution in [0.4, 0.5) is 11.6 Å². The second-order valence-electron chi connectivity index (χ2n) is 6.65. The molecule has 2 aromatic carbocycles. The van der Waals surface area contributed by atoms with Gasteiger partial charge >= 0.3 is 0 Å². The molecule has 4 aromatic rings. The molecule has 2 aliphatic heterocycles. The smallest absolute Gasteiger partial charge is 0.208 e. The minimum absolute atomic E-state index is 0.244. The molecule has 2 aliphatic rings. The van der Waals surface area contributed by atoms with Gasteiger partial charge in [0.15, 0.2) is 12.0 Å². The first-order valence-corrected chi connectivity index (χ1v) is 9.01. The molecule has 0 saturated carbocycles. The van der Waals surface area contributed by atoms with E-state index in [0.717, 1.165) is 22.6 Å². The van der Waals surface area contributed by atoms with E-state index in [-0.39, 0.29) is 6.17 Å². The number of nitrogens with zero attached hydrogens (tertiary/aromatic N) is 9. The Morgan fingerprint density at radius 2 is 1.83 bits per heavy atom. The Kier molecular flexibility index (Phi) is 3.10. The van der Waals surface area contributed by atoms with Crippen LogP contribution in [0.3, 0.4) is 0 Å². The number of benzene rings is 2. The van der Waals surface area contributed by atoms with E-state index in [1.54, 1.807) is 18.9 Å². The Morgan fingerprint density at radius 1 is 1.00 bits per heavy atom. The summed E-state index contributed by atoms with van der Waals surface area (Å²) < 4.78 is 3.24. The molecule has 138 valence electrons. The van der Waals surface area contributed by atoms with Crippen LogP contribution in [0.15, 0.2) is 72.1 Å². The number of hydrazine groups is 1. The van der Waals surface area contributed by atoms with Crippen molar-refractivity contribution >= 4 is 18.0 Å². The van der Waals surface area contributed by atoms with Crippen molar-refractivity contribution in [3.05, 3.63) is 72.7 Å². The number of rotatable bonds is 2. The molecule has 0 spiro atoms. The van der Waals surface area contributed by atoms with Gasteiger partial charge in [-0.1, -0.05) is 48.5 Å². The lowest BCUT2D eigenvalue weighted by atomic mass is 10.1. The topological polar surface area (TPSA) is 91.2 Å². The summed E-state index contributed by atoms with van der Waals surface area (Å²) in [6, 6.07) is 17.7. The third-order valence-corrected chi connectivity index (χ3v) is 5.12. The summed E-state index contributed by atoms with van der Waals surface area (Å²) in [5.41, 5.74) is 3.55. The van der Waals surface area contributed by atoms with Gasteiger partial charge in [0.1, 0.15) is 18.4 Å². The highest BCUT2D eigenvalue weighted by molar-refractivity contribution is 5.91. The number of aromatic nitrogens is 5. The van der Waals surface area contributed by atoms with Crippen LogP contribution in [-0.2, 0) is 0 Å². The number of anilines is 2. The number of nitriles is 1. The van der Waals surface area contributed by atoms with E-state index < -0.39 is 0 Å². The fourth-order valence-electron chi connectivity index (χ4n) is 3.88. The van der Waals surface area contributed by atoms with E-state index in [2.05, 4.69) is 33.6 Å². The van der Waals surface area contributed by atoms with Gasteiger partial charge in [0.25, 0.3) is 0 Å². The van der Waals surface area contributed by atoms with Crippen molar-refractivity contribution in [2.45, 2.75) is 6.17 Å². The number of hydrogen-bond acceptors (Lipinski definition) is 7. The highest BCUT2D eigenvalue weighted by Crippen LogP contribution is 2.43. The van der Waals surface area contributed by atoms with Crippen molar-refractivity contribution in [2.24, 2.45) is 4.99 Å². The van der Waals surface area contributed by atoms with Crippen molar-refractivity contribution in [3.63, 3.8) is 0 Å². The Hall–Kier alpha value is -4.45. The first-order valence-electron chi connectivity index (χ1n) is 9.01. The molecular weight excluding hydrogens is 366 g/mol. The average Bonchev–Trinajstić information content (AvgIpc) is 3.51. The van der Waals surface area contributed by atoms with Gasteiger partial charge in [-0.2, -0.15) is 5.26 Å². The number of hydrogen-bond donors (Lipinski definition) is 0. The molecule has 0 N–H and O–H groups in total. The predicted octanol–water partition coefficient (Wildman–Crippen LogP) is 2.74. The molecule has 2 aromatic heterocycles. The molecular formula is C20H13N9. The fraction of sp³-hybridized carbons (Fsp3) is 0.0500. The zero-order valence-corrected chi connectivity index (χ0v) is 15.0. The maximum atomic E-state index is 9.55. The van der Waals surface area contributed by atoms with Gasteiger partial charge in [-0.15, -0.1) is 9.78 Å². The van der Waals surface area contributed by atoms with Crippen LogP contribution in [0, 0.1) is 11.5 Å². The van der Waals surface area contributed by atoms with E-state index >= 15 is 0 Å². The van der Waals surface area contributed by atoms with Crippen molar-refractivity contribution in [1.29, 1.82) is 5.26 Å². The van der Waals surface area contributed by atoms with Crippen LogP contribution in [0.25, 0.3) is 16.9 Å². The highest BCUT2D eigenvalue weighted by atomic mass is 15.7. The number of para-hydroxylation sites is 1. The van der Waals surface area contributed by atoms with Gasteiger partial charge in [-0.05, 0) is 11.3 Å². The largest absolute Gasteiger partial charge is 0.284 e.